The zero-order valence-electron chi connectivity index (χ0n) is 9.57. The summed E-state index contributed by atoms with van der Waals surface area (Å²) in [5.41, 5.74) is 0. The van der Waals surface area contributed by atoms with Gasteiger partial charge in [-0.05, 0) is 28.1 Å². The fourth-order valence-electron chi connectivity index (χ4n) is 1.41. The Morgan fingerprint density at radius 2 is 1.70 bits per heavy atom. The van der Waals surface area contributed by atoms with Crippen LogP contribution in [0.15, 0.2) is 39.8 Å². The van der Waals surface area contributed by atoms with Gasteiger partial charge in [0.25, 0.3) is 10.0 Å². The number of nitrogens with one attached hydrogen (secondary N) is 1. The third kappa shape index (κ3) is 3.10. The zero-order valence-corrected chi connectivity index (χ0v) is 12.0. The van der Waals surface area contributed by atoms with E-state index in [1.165, 1.54) is 18.3 Å². The molecule has 0 spiro atoms. The summed E-state index contributed by atoms with van der Waals surface area (Å²) in [6.45, 7) is 0. The number of hydrogen-bond acceptors (Lipinski definition) is 3. The van der Waals surface area contributed by atoms with Crippen molar-refractivity contribution in [2.45, 2.75) is 4.90 Å². The molecular weight excluding hydrogens is 361 g/mol. The van der Waals surface area contributed by atoms with E-state index in [1.54, 1.807) is 0 Å². The molecule has 9 heteroatoms. The van der Waals surface area contributed by atoms with Crippen LogP contribution in [0, 0.1) is 17.5 Å². The number of hydrogen-bond donors (Lipinski definition) is 1. The molecule has 1 aromatic carbocycles. The molecule has 0 bridgehead atoms. The molecule has 0 aliphatic rings. The summed E-state index contributed by atoms with van der Waals surface area (Å²) in [4.78, 5) is 2.45. The van der Waals surface area contributed by atoms with E-state index in [1.807, 2.05) is 4.72 Å². The number of anilines is 1. The lowest BCUT2D eigenvalue weighted by molar-refractivity contribution is 0.498. The minimum absolute atomic E-state index is 0.128. The zero-order chi connectivity index (χ0) is 14.9. The van der Waals surface area contributed by atoms with Gasteiger partial charge in [-0.1, -0.05) is 0 Å². The van der Waals surface area contributed by atoms with Gasteiger partial charge in [0.05, 0.1) is 0 Å². The largest absolute Gasteiger partial charge is 0.268 e. The monoisotopic (exact) mass is 366 g/mol. The Balaban J connectivity index is 2.43. The second-order valence-electron chi connectivity index (χ2n) is 3.67. The molecule has 1 aromatic heterocycles. The van der Waals surface area contributed by atoms with E-state index in [0.29, 0.717) is 4.47 Å². The number of rotatable bonds is 3. The van der Waals surface area contributed by atoms with Gasteiger partial charge in [-0.3, -0.25) is 4.72 Å². The Hall–Kier alpha value is -1.61. The van der Waals surface area contributed by atoms with Crippen LogP contribution in [0.5, 0.6) is 0 Å². The van der Waals surface area contributed by atoms with Crippen LogP contribution in [-0.4, -0.2) is 13.4 Å². The first kappa shape index (κ1) is 14.8. The van der Waals surface area contributed by atoms with Gasteiger partial charge >= 0.3 is 0 Å². The van der Waals surface area contributed by atoms with Gasteiger partial charge in [-0.25, -0.2) is 26.6 Å². The smallest absolute Gasteiger partial charge is 0.263 e. The van der Waals surface area contributed by atoms with Crippen LogP contribution in [-0.2, 0) is 10.0 Å². The van der Waals surface area contributed by atoms with Crippen molar-refractivity contribution < 1.29 is 21.6 Å². The van der Waals surface area contributed by atoms with Gasteiger partial charge < -0.3 is 0 Å². The summed E-state index contributed by atoms with van der Waals surface area (Å²) >= 11 is 3.10. The normalized spacial score (nSPS) is 11.4. The average molecular weight is 367 g/mol. The second kappa shape index (κ2) is 5.41. The molecule has 4 nitrogen and oxygen atoms in total. The molecule has 0 amide bonds. The summed E-state index contributed by atoms with van der Waals surface area (Å²) in [6, 6.07) is 3.35. The van der Waals surface area contributed by atoms with Crippen molar-refractivity contribution in [3.8, 4) is 0 Å². The summed E-state index contributed by atoms with van der Waals surface area (Å²) < 4.78 is 65.9. The Kier molecular flexibility index (Phi) is 4.00. The molecule has 2 rings (SSSR count). The lowest BCUT2D eigenvalue weighted by Gasteiger charge is -2.09. The third-order valence-corrected chi connectivity index (χ3v) is 4.07. The summed E-state index contributed by atoms with van der Waals surface area (Å²) in [5, 5.41) is 0. The molecule has 106 valence electrons. The molecule has 0 radical (unpaired) electrons. The van der Waals surface area contributed by atoms with Crippen LogP contribution in [0.25, 0.3) is 0 Å². The quantitative estimate of drug-likeness (QED) is 0.907. The van der Waals surface area contributed by atoms with Crippen molar-refractivity contribution in [1.82, 2.24) is 4.98 Å². The van der Waals surface area contributed by atoms with Crippen molar-refractivity contribution >= 4 is 31.8 Å². The van der Waals surface area contributed by atoms with Crippen LogP contribution in [0.1, 0.15) is 0 Å². The number of halogens is 4. The van der Waals surface area contributed by atoms with Gasteiger partial charge in [0.1, 0.15) is 23.3 Å². The van der Waals surface area contributed by atoms with Crippen LogP contribution in [0.4, 0.5) is 19.0 Å². The third-order valence-electron chi connectivity index (χ3n) is 2.20. The van der Waals surface area contributed by atoms with E-state index in [4.69, 9.17) is 0 Å². The molecular formula is C11H6BrF3N2O2S. The number of aromatic nitrogens is 1. The lowest BCUT2D eigenvalue weighted by Crippen LogP contribution is -2.17. The molecule has 0 aliphatic carbocycles. The standard InChI is InChI=1S/C11H6BrF3N2O2S/c12-6-1-2-10(16-5-6)17-20(18,19)11-8(14)3-7(13)4-9(11)15/h1-5H,(H,16,17). The molecule has 0 saturated heterocycles. The first-order valence-electron chi connectivity index (χ1n) is 5.08. The van der Waals surface area contributed by atoms with E-state index in [0.717, 1.165) is 0 Å². The maximum Gasteiger partial charge on any atom is 0.268 e. The summed E-state index contributed by atoms with van der Waals surface area (Å²) in [7, 11) is -4.55. The lowest BCUT2D eigenvalue weighted by atomic mass is 10.3. The molecule has 2 aromatic rings. The van der Waals surface area contributed by atoms with E-state index in [2.05, 4.69) is 20.9 Å². The molecule has 0 unspecified atom stereocenters. The molecule has 20 heavy (non-hydrogen) atoms. The fourth-order valence-corrected chi connectivity index (χ4v) is 2.77. The molecule has 0 fully saturated rings. The molecule has 0 saturated carbocycles. The number of pyridine rings is 1. The van der Waals surface area contributed by atoms with Crippen LogP contribution in [0.2, 0.25) is 0 Å². The molecule has 0 aliphatic heterocycles. The van der Waals surface area contributed by atoms with Crippen LogP contribution >= 0.6 is 15.9 Å². The van der Waals surface area contributed by atoms with Crippen molar-refractivity contribution in [3.05, 3.63) is 52.4 Å². The number of nitrogens with zero attached hydrogens (tertiary/aromatic N) is 1. The van der Waals surface area contributed by atoms with Gasteiger partial charge in [0.2, 0.25) is 0 Å². The minimum atomic E-state index is -4.55. The Labute approximate surface area is 120 Å². The van der Waals surface area contributed by atoms with Gasteiger partial charge in [-0.2, -0.15) is 0 Å². The van der Waals surface area contributed by atoms with E-state index < -0.39 is 32.4 Å². The Morgan fingerprint density at radius 1 is 1.10 bits per heavy atom. The predicted molar refractivity (Wildman–Crippen MR) is 69.1 cm³/mol. The highest BCUT2D eigenvalue weighted by Gasteiger charge is 2.25. The Bertz CT molecular complexity index is 728. The van der Waals surface area contributed by atoms with Crippen LogP contribution in [0.3, 0.4) is 0 Å². The second-order valence-corrected chi connectivity index (χ2v) is 6.20. The number of benzene rings is 1. The van der Waals surface area contributed by atoms with Crippen molar-refractivity contribution in [1.29, 1.82) is 0 Å². The van der Waals surface area contributed by atoms with Gasteiger partial charge in [0, 0.05) is 22.8 Å². The highest BCUT2D eigenvalue weighted by Crippen LogP contribution is 2.22. The molecule has 0 atom stereocenters. The first-order valence-corrected chi connectivity index (χ1v) is 7.36. The summed E-state index contributed by atoms with van der Waals surface area (Å²) in [5.74, 6) is -4.38. The molecule has 1 N–H and O–H groups in total. The fraction of sp³-hybridized carbons (Fsp3) is 0. The van der Waals surface area contributed by atoms with Crippen molar-refractivity contribution in [2.24, 2.45) is 0 Å². The van der Waals surface area contributed by atoms with Gasteiger partial charge in [0.15, 0.2) is 4.90 Å². The van der Waals surface area contributed by atoms with E-state index in [-0.39, 0.29) is 18.0 Å². The van der Waals surface area contributed by atoms with E-state index in [9.17, 15) is 21.6 Å². The SMILES string of the molecule is O=S(=O)(Nc1ccc(Br)cn1)c1c(F)cc(F)cc1F. The minimum Gasteiger partial charge on any atom is -0.263 e. The van der Waals surface area contributed by atoms with Crippen LogP contribution < -0.4 is 4.72 Å². The maximum absolute atomic E-state index is 13.4. The highest BCUT2D eigenvalue weighted by atomic mass is 79.9. The Morgan fingerprint density at radius 3 is 2.20 bits per heavy atom. The predicted octanol–water partition coefficient (Wildman–Crippen LogP) is 3.06. The topological polar surface area (TPSA) is 59.1 Å². The highest BCUT2D eigenvalue weighted by molar-refractivity contribution is 9.10. The van der Waals surface area contributed by atoms with Gasteiger partial charge in [-0.15, -0.1) is 0 Å². The molecule has 1 heterocycles. The van der Waals surface area contributed by atoms with Crippen molar-refractivity contribution in [3.63, 3.8) is 0 Å². The summed E-state index contributed by atoms with van der Waals surface area (Å²) in [6.07, 6.45) is 1.30. The maximum atomic E-state index is 13.4. The van der Waals surface area contributed by atoms with Crippen molar-refractivity contribution in [2.75, 3.05) is 4.72 Å². The average Bonchev–Trinajstić information content (AvgIpc) is 2.30. The van der Waals surface area contributed by atoms with E-state index >= 15 is 0 Å². The first-order chi connectivity index (χ1) is 9.29. The number of sulfonamides is 1.